The van der Waals surface area contributed by atoms with Crippen LogP contribution in [0.1, 0.15) is 60.8 Å². The fourth-order valence-corrected chi connectivity index (χ4v) is 5.39. The molecule has 2 bridgehead atoms. The molecular weight excluding hydrogens is 316 g/mol. The molecule has 0 amide bonds. The number of hydrogen-bond acceptors (Lipinski definition) is 3. The molecule has 0 aliphatic heterocycles. The second-order valence-corrected chi connectivity index (χ2v) is 15.2. The maximum absolute atomic E-state index is 12.4. The topological polar surface area (TPSA) is 46.5 Å². The summed E-state index contributed by atoms with van der Waals surface area (Å²) in [6, 6.07) is 0. The number of aliphatic hydroxyl groups excluding tert-OH is 1. The van der Waals surface area contributed by atoms with E-state index in [0.29, 0.717) is 30.1 Å². The lowest BCUT2D eigenvalue weighted by atomic mass is 9.52. The average Bonchev–Trinajstić information content (AvgIpc) is 2.40. The van der Waals surface area contributed by atoms with Crippen molar-refractivity contribution in [2.24, 2.45) is 29.1 Å². The Kier molecular flexibility index (Phi) is 5.46. The third kappa shape index (κ3) is 3.52. The van der Waals surface area contributed by atoms with E-state index in [2.05, 4.69) is 47.7 Å². The lowest BCUT2D eigenvalue weighted by Crippen LogP contribution is -2.56. The van der Waals surface area contributed by atoms with Gasteiger partial charge in [-0.25, -0.2) is 0 Å². The second kappa shape index (κ2) is 6.51. The highest BCUT2D eigenvalue weighted by Gasteiger charge is 2.56. The van der Waals surface area contributed by atoms with Gasteiger partial charge in [-0.3, -0.25) is 4.79 Å². The fourth-order valence-electron chi connectivity index (χ4n) is 4.35. The van der Waals surface area contributed by atoms with E-state index in [9.17, 15) is 9.90 Å². The van der Waals surface area contributed by atoms with E-state index in [4.69, 9.17) is 4.43 Å². The van der Waals surface area contributed by atoms with Gasteiger partial charge in [-0.2, -0.15) is 0 Å². The molecule has 5 atom stereocenters. The number of Topliss-reactive ketones (excluding diaryl/α,β-unsaturated/α-hetero) is 1. The summed E-state index contributed by atoms with van der Waals surface area (Å²) >= 11 is 0. The van der Waals surface area contributed by atoms with Gasteiger partial charge in [-0.05, 0) is 54.6 Å². The number of aliphatic hydroxyl groups is 1. The molecule has 0 spiro atoms. The quantitative estimate of drug-likeness (QED) is 0.731. The van der Waals surface area contributed by atoms with Gasteiger partial charge in [-0.15, -0.1) is 0 Å². The minimum absolute atomic E-state index is 0.220. The average molecular weight is 355 g/mol. The van der Waals surface area contributed by atoms with Crippen molar-refractivity contribution in [1.29, 1.82) is 0 Å². The van der Waals surface area contributed by atoms with E-state index in [1.807, 2.05) is 6.92 Å². The lowest BCUT2D eigenvalue weighted by Gasteiger charge is -2.54. The zero-order valence-corrected chi connectivity index (χ0v) is 18.0. The summed E-state index contributed by atoms with van der Waals surface area (Å²) in [6.07, 6.45) is 1.83. The fraction of sp³-hybridized carbons (Fsp3) is 0.950. The Hall–Kier alpha value is -0.193. The van der Waals surface area contributed by atoms with Gasteiger partial charge in [-0.1, -0.05) is 41.5 Å². The molecule has 3 aliphatic rings. The van der Waals surface area contributed by atoms with Crippen molar-refractivity contribution in [3.8, 4) is 0 Å². The van der Waals surface area contributed by atoms with Crippen LogP contribution in [0.15, 0.2) is 0 Å². The minimum Gasteiger partial charge on any atom is -0.417 e. The Morgan fingerprint density at radius 3 is 2.38 bits per heavy atom. The minimum atomic E-state index is -1.76. The Labute approximate surface area is 149 Å². The summed E-state index contributed by atoms with van der Waals surface area (Å²) < 4.78 is 6.56. The Balaban J connectivity index is 2.14. The molecule has 3 fully saturated rings. The highest BCUT2D eigenvalue weighted by Crippen LogP contribution is 2.54. The van der Waals surface area contributed by atoms with Gasteiger partial charge in [0.2, 0.25) is 0 Å². The standard InChI is InChI=1S/C20H38O3Si/c1-13(2)16(12-23-24(7,8)19(3,4)5)15-11-20(6)17(21)9-14(15)10-18(20)22/h13-17,21H,9-12H2,1-8H3/t14-,15-,16+,17-,20-/m1/s1. The van der Waals surface area contributed by atoms with Gasteiger partial charge in [0, 0.05) is 13.0 Å². The molecule has 3 nitrogen and oxygen atoms in total. The van der Waals surface area contributed by atoms with Crippen molar-refractivity contribution in [2.45, 2.75) is 85.0 Å². The van der Waals surface area contributed by atoms with E-state index in [1.165, 1.54) is 0 Å². The van der Waals surface area contributed by atoms with Crippen molar-refractivity contribution in [3.05, 3.63) is 0 Å². The monoisotopic (exact) mass is 354 g/mol. The maximum atomic E-state index is 12.4. The number of carbonyl (C=O) groups is 1. The first-order valence-electron chi connectivity index (χ1n) is 9.65. The van der Waals surface area contributed by atoms with Crippen molar-refractivity contribution in [1.82, 2.24) is 0 Å². The van der Waals surface area contributed by atoms with Crippen LogP contribution in [0.2, 0.25) is 18.1 Å². The van der Waals surface area contributed by atoms with Crippen LogP contribution in [0.4, 0.5) is 0 Å². The Morgan fingerprint density at radius 2 is 1.92 bits per heavy atom. The molecule has 1 N–H and O–H groups in total. The van der Waals surface area contributed by atoms with E-state index < -0.39 is 19.8 Å². The summed E-state index contributed by atoms with van der Waals surface area (Å²) in [4.78, 5) is 12.4. The Morgan fingerprint density at radius 1 is 1.33 bits per heavy atom. The molecule has 3 aliphatic carbocycles. The van der Waals surface area contributed by atoms with Gasteiger partial charge < -0.3 is 9.53 Å². The predicted molar refractivity (Wildman–Crippen MR) is 101 cm³/mol. The van der Waals surface area contributed by atoms with E-state index >= 15 is 0 Å². The molecule has 0 aromatic heterocycles. The number of carbonyl (C=O) groups excluding carboxylic acids is 1. The number of rotatable bonds is 5. The number of ketones is 1. The van der Waals surface area contributed by atoms with Crippen molar-refractivity contribution >= 4 is 14.1 Å². The number of fused-ring (bicyclic) bond motifs is 3. The number of hydrogen-bond donors (Lipinski definition) is 1. The van der Waals surface area contributed by atoms with Crippen LogP contribution in [0, 0.1) is 29.1 Å². The van der Waals surface area contributed by atoms with Crippen molar-refractivity contribution in [3.63, 3.8) is 0 Å². The molecule has 0 radical (unpaired) electrons. The molecule has 0 aromatic rings. The molecule has 140 valence electrons. The van der Waals surface area contributed by atoms with Crippen molar-refractivity contribution in [2.75, 3.05) is 6.61 Å². The van der Waals surface area contributed by atoms with Gasteiger partial charge in [0.1, 0.15) is 5.78 Å². The first-order valence-corrected chi connectivity index (χ1v) is 12.6. The highest BCUT2D eigenvalue weighted by atomic mass is 28.4. The molecule has 0 aromatic carbocycles. The molecule has 24 heavy (non-hydrogen) atoms. The van der Waals surface area contributed by atoms with E-state index in [-0.39, 0.29) is 10.8 Å². The summed E-state index contributed by atoms with van der Waals surface area (Å²) in [5, 5.41) is 10.6. The Bertz CT molecular complexity index is 480. The smallest absolute Gasteiger partial charge is 0.191 e. The first-order chi connectivity index (χ1) is 10.8. The zero-order chi connectivity index (χ0) is 18.5. The third-order valence-electron chi connectivity index (χ3n) is 7.46. The zero-order valence-electron chi connectivity index (χ0n) is 17.0. The summed E-state index contributed by atoms with van der Waals surface area (Å²) in [5.74, 6) is 2.12. The SMILES string of the molecule is CC(C)[C@H](CO[Si](C)(C)C(C)(C)C)[C@@H]1C[C@@]2(C)C(=O)C[C@H]1C[C@H]2O. The van der Waals surface area contributed by atoms with Crippen LogP contribution in [0.3, 0.4) is 0 Å². The van der Waals surface area contributed by atoms with Crippen LogP contribution in [-0.4, -0.2) is 31.9 Å². The normalized spacial score (nSPS) is 35.6. The first kappa shape index (κ1) is 20.1. The molecular formula is C20H38O3Si. The van der Waals surface area contributed by atoms with Gasteiger partial charge >= 0.3 is 0 Å². The third-order valence-corrected chi connectivity index (χ3v) is 12.0. The van der Waals surface area contributed by atoms with Crippen LogP contribution in [0.25, 0.3) is 0 Å². The predicted octanol–water partition coefficient (Wildman–Crippen LogP) is 4.65. The molecule has 0 saturated heterocycles. The molecule has 3 saturated carbocycles. The molecule has 0 unspecified atom stereocenters. The summed E-state index contributed by atoms with van der Waals surface area (Å²) in [5.41, 5.74) is -0.524. The summed E-state index contributed by atoms with van der Waals surface area (Å²) in [6.45, 7) is 18.8. The summed E-state index contributed by atoms with van der Waals surface area (Å²) in [7, 11) is -1.76. The second-order valence-electron chi connectivity index (χ2n) is 10.4. The van der Waals surface area contributed by atoms with Crippen LogP contribution in [0.5, 0.6) is 0 Å². The molecule has 4 heteroatoms. The highest BCUT2D eigenvalue weighted by molar-refractivity contribution is 6.74. The van der Waals surface area contributed by atoms with Gasteiger partial charge in [0.25, 0.3) is 0 Å². The maximum Gasteiger partial charge on any atom is 0.191 e. The van der Waals surface area contributed by atoms with E-state index in [0.717, 1.165) is 19.4 Å². The largest absolute Gasteiger partial charge is 0.417 e. The van der Waals surface area contributed by atoms with Crippen molar-refractivity contribution < 1.29 is 14.3 Å². The van der Waals surface area contributed by atoms with Crippen LogP contribution < -0.4 is 0 Å². The van der Waals surface area contributed by atoms with Crippen LogP contribution >= 0.6 is 0 Å². The van der Waals surface area contributed by atoms with Crippen LogP contribution in [-0.2, 0) is 9.22 Å². The molecule has 3 rings (SSSR count). The van der Waals surface area contributed by atoms with E-state index in [1.54, 1.807) is 0 Å². The van der Waals surface area contributed by atoms with Gasteiger partial charge in [0.05, 0.1) is 11.5 Å². The lowest BCUT2D eigenvalue weighted by molar-refractivity contribution is -0.160. The van der Waals surface area contributed by atoms with Gasteiger partial charge in [0.15, 0.2) is 8.32 Å². The molecule has 0 heterocycles.